The summed E-state index contributed by atoms with van der Waals surface area (Å²) < 4.78 is 0. The lowest BCUT2D eigenvalue weighted by atomic mass is 9.78. The van der Waals surface area contributed by atoms with Crippen molar-refractivity contribution in [2.45, 2.75) is 102 Å². The van der Waals surface area contributed by atoms with E-state index in [1.807, 2.05) is 0 Å². The number of rotatable bonds is 16. The summed E-state index contributed by atoms with van der Waals surface area (Å²) in [5.41, 5.74) is 2.81. The van der Waals surface area contributed by atoms with Crippen molar-refractivity contribution in [3.05, 3.63) is 84.2 Å². The van der Waals surface area contributed by atoms with E-state index in [4.69, 9.17) is 0 Å². The highest BCUT2D eigenvalue weighted by Gasteiger charge is 2.47. The summed E-state index contributed by atoms with van der Waals surface area (Å²) in [6.07, 6.45) is 20.7. The average molecular weight is 461 g/mol. The van der Waals surface area contributed by atoms with Crippen LogP contribution in [-0.2, 0) is 6.42 Å². The van der Waals surface area contributed by atoms with Crippen LogP contribution in [0.2, 0.25) is 0 Å². The van der Waals surface area contributed by atoms with Crippen LogP contribution in [0.4, 0.5) is 0 Å². The van der Waals surface area contributed by atoms with Crippen LogP contribution in [0.15, 0.2) is 73.1 Å². The van der Waals surface area contributed by atoms with Crippen LogP contribution in [0.3, 0.4) is 0 Å². The van der Waals surface area contributed by atoms with E-state index >= 15 is 0 Å². The van der Waals surface area contributed by atoms with Crippen molar-refractivity contribution < 1.29 is 0 Å². The van der Waals surface area contributed by atoms with Crippen LogP contribution in [0.5, 0.6) is 0 Å². The highest BCUT2D eigenvalue weighted by atomic mass is 15.4. The third-order valence-corrected chi connectivity index (χ3v) is 7.81. The highest BCUT2D eigenvalue weighted by Crippen LogP contribution is 2.44. The van der Waals surface area contributed by atoms with E-state index in [0.717, 1.165) is 19.4 Å². The molecule has 2 aromatic carbocycles. The van der Waals surface area contributed by atoms with Crippen LogP contribution in [0, 0.1) is 0 Å². The van der Waals surface area contributed by atoms with Gasteiger partial charge in [0.2, 0.25) is 0 Å². The van der Waals surface area contributed by atoms with Gasteiger partial charge in [-0.25, -0.2) is 0 Å². The molecule has 3 rings (SSSR count). The van der Waals surface area contributed by atoms with Gasteiger partial charge in [-0.15, -0.1) is 0 Å². The van der Waals surface area contributed by atoms with E-state index in [0.29, 0.717) is 5.92 Å². The Labute approximate surface area is 210 Å². The minimum absolute atomic E-state index is 0.0588. The summed E-state index contributed by atoms with van der Waals surface area (Å²) in [6.45, 7) is 5.78. The maximum atomic E-state index is 2.67. The molecule has 0 N–H and O–H groups in total. The summed E-state index contributed by atoms with van der Waals surface area (Å²) in [5.74, 6) is 0.442. The molecule has 1 aliphatic rings. The summed E-state index contributed by atoms with van der Waals surface area (Å²) in [4.78, 5) is 5.17. The molecule has 0 aromatic heterocycles. The third-order valence-electron chi connectivity index (χ3n) is 7.81. The Morgan fingerprint density at radius 3 is 1.82 bits per heavy atom. The van der Waals surface area contributed by atoms with E-state index in [9.17, 15) is 0 Å². The molecule has 0 amide bonds. The third kappa shape index (κ3) is 6.90. The van der Waals surface area contributed by atoms with Gasteiger partial charge in [0, 0.05) is 38.3 Å². The first-order valence-corrected chi connectivity index (χ1v) is 14.0. The van der Waals surface area contributed by atoms with E-state index in [-0.39, 0.29) is 5.66 Å². The smallest absolute Gasteiger partial charge is 0.123 e. The predicted octanol–water partition coefficient (Wildman–Crippen LogP) is 8.76. The topological polar surface area (TPSA) is 6.48 Å². The first kappa shape index (κ1) is 26.4. The largest absolute Gasteiger partial charge is 0.356 e. The van der Waals surface area contributed by atoms with Crippen LogP contribution in [0.1, 0.15) is 102 Å². The van der Waals surface area contributed by atoms with Gasteiger partial charge in [-0.3, -0.25) is 0 Å². The molecular formula is C32H48N2. The summed E-state index contributed by atoms with van der Waals surface area (Å²) >= 11 is 0. The zero-order valence-corrected chi connectivity index (χ0v) is 22.1. The van der Waals surface area contributed by atoms with E-state index in [1.165, 1.54) is 75.3 Å². The molecule has 0 bridgehead atoms. The fraction of sp³-hybridized carbons (Fsp3) is 0.562. The molecule has 1 heterocycles. The second kappa shape index (κ2) is 14.2. The van der Waals surface area contributed by atoms with Gasteiger partial charge in [-0.1, -0.05) is 132 Å². The Balaban J connectivity index is 1.65. The predicted molar refractivity (Wildman–Crippen MR) is 148 cm³/mol. The minimum Gasteiger partial charge on any atom is -0.356 e. The van der Waals surface area contributed by atoms with Gasteiger partial charge in [0.05, 0.1) is 0 Å². The Morgan fingerprint density at radius 1 is 0.676 bits per heavy atom. The fourth-order valence-corrected chi connectivity index (χ4v) is 5.89. The molecule has 2 atom stereocenters. The normalized spacial score (nSPS) is 18.6. The lowest BCUT2D eigenvalue weighted by Gasteiger charge is -2.50. The zero-order chi connectivity index (χ0) is 24.1. The number of hydrogen-bond acceptors (Lipinski definition) is 2. The molecule has 0 radical (unpaired) electrons. The molecule has 2 nitrogen and oxygen atoms in total. The van der Waals surface area contributed by atoms with Gasteiger partial charge in [0.15, 0.2) is 0 Å². The van der Waals surface area contributed by atoms with E-state index in [2.05, 4.69) is 104 Å². The van der Waals surface area contributed by atoms with Crippen LogP contribution >= 0.6 is 0 Å². The SMILES string of the molecule is CCCCCCCCCCCCN1C=CN(C)C1(Cc1ccccc1)C(CC)c1ccccc1. The lowest BCUT2D eigenvalue weighted by molar-refractivity contribution is 0.0121. The monoisotopic (exact) mass is 460 g/mol. The van der Waals surface area contributed by atoms with Gasteiger partial charge in [0.25, 0.3) is 0 Å². The van der Waals surface area contributed by atoms with Crippen molar-refractivity contribution in [3.63, 3.8) is 0 Å². The molecule has 0 saturated heterocycles. The summed E-state index contributed by atoms with van der Waals surface area (Å²) in [5, 5.41) is 0. The van der Waals surface area contributed by atoms with Crippen molar-refractivity contribution in [1.82, 2.24) is 9.80 Å². The quantitative estimate of drug-likeness (QED) is 0.231. The molecule has 0 aliphatic carbocycles. The number of likely N-dealkylation sites (N-methyl/N-ethyl adjacent to an activating group) is 1. The lowest BCUT2D eigenvalue weighted by Crippen LogP contribution is -2.58. The summed E-state index contributed by atoms with van der Waals surface area (Å²) in [7, 11) is 2.28. The molecule has 2 aromatic rings. The molecule has 0 saturated carbocycles. The van der Waals surface area contributed by atoms with E-state index < -0.39 is 0 Å². The molecule has 1 aliphatic heterocycles. The van der Waals surface area contributed by atoms with Crippen LogP contribution in [0.25, 0.3) is 0 Å². The Bertz CT molecular complexity index is 815. The Hall–Kier alpha value is -2.22. The first-order valence-electron chi connectivity index (χ1n) is 14.0. The molecule has 34 heavy (non-hydrogen) atoms. The summed E-state index contributed by atoms with van der Waals surface area (Å²) in [6, 6.07) is 22.3. The second-order valence-electron chi connectivity index (χ2n) is 10.2. The Kier molecular flexibility index (Phi) is 11.1. The molecule has 186 valence electrons. The van der Waals surface area contributed by atoms with E-state index in [1.54, 1.807) is 0 Å². The van der Waals surface area contributed by atoms with Gasteiger partial charge in [-0.05, 0) is 24.0 Å². The minimum atomic E-state index is -0.0588. The maximum absolute atomic E-state index is 2.67. The molecule has 2 heteroatoms. The second-order valence-corrected chi connectivity index (χ2v) is 10.2. The van der Waals surface area contributed by atoms with Crippen molar-refractivity contribution in [1.29, 1.82) is 0 Å². The van der Waals surface area contributed by atoms with Gasteiger partial charge >= 0.3 is 0 Å². The number of unbranched alkanes of at least 4 members (excludes halogenated alkanes) is 9. The van der Waals surface area contributed by atoms with Crippen molar-refractivity contribution in [2.75, 3.05) is 13.6 Å². The molecule has 2 unspecified atom stereocenters. The van der Waals surface area contributed by atoms with Crippen molar-refractivity contribution in [3.8, 4) is 0 Å². The first-order chi connectivity index (χ1) is 16.7. The van der Waals surface area contributed by atoms with Crippen LogP contribution in [-0.4, -0.2) is 29.1 Å². The Morgan fingerprint density at radius 2 is 1.24 bits per heavy atom. The van der Waals surface area contributed by atoms with Crippen molar-refractivity contribution in [2.24, 2.45) is 0 Å². The number of nitrogens with zero attached hydrogens (tertiary/aromatic N) is 2. The molecule has 0 spiro atoms. The number of benzene rings is 2. The van der Waals surface area contributed by atoms with Gasteiger partial charge < -0.3 is 9.80 Å². The fourth-order valence-electron chi connectivity index (χ4n) is 5.89. The zero-order valence-electron chi connectivity index (χ0n) is 22.1. The average Bonchev–Trinajstić information content (AvgIpc) is 3.17. The van der Waals surface area contributed by atoms with Gasteiger partial charge in [0.1, 0.15) is 5.66 Å². The number of hydrogen-bond donors (Lipinski definition) is 0. The van der Waals surface area contributed by atoms with Crippen LogP contribution < -0.4 is 0 Å². The highest BCUT2D eigenvalue weighted by molar-refractivity contribution is 5.30. The maximum Gasteiger partial charge on any atom is 0.123 e. The van der Waals surface area contributed by atoms with Crippen molar-refractivity contribution >= 4 is 0 Å². The van der Waals surface area contributed by atoms with Gasteiger partial charge in [-0.2, -0.15) is 0 Å². The molecular weight excluding hydrogens is 412 g/mol. The molecule has 0 fully saturated rings. The standard InChI is InChI=1S/C32H48N2/c1-4-6-7-8-9-10-11-12-13-20-25-34-27-26-33(3)32(34,28-29-21-16-14-17-22-29)31(5-2)30-23-18-15-19-24-30/h14-19,21-24,26-27,31H,4-13,20,25,28H2,1-3H3.